The van der Waals surface area contributed by atoms with Gasteiger partial charge in [-0.2, -0.15) is 0 Å². The van der Waals surface area contributed by atoms with Crippen molar-refractivity contribution in [3.63, 3.8) is 0 Å². The minimum Gasteiger partial charge on any atom is -0.460 e. The Morgan fingerprint density at radius 3 is 2.47 bits per heavy atom. The van der Waals surface area contributed by atoms with E-state index >= 15 is 0 Å². The molecule has 0 aliphatic carbocycles. The Bertz CT molecular complexity index is 1060. The van der Waals surface area contributed by atoms with Gasteiger partial charge in [-0.1, -0.05) is 18.2 Å². The summed E-state index contributed by atoms with van der Waals surface area (Å²) in [7, 11) is 0. The van der Waals surface area contributed by atoms with Crippen LogP contribution < -0.4 is 11.1 Å². The van der Waals surface area contributed by atoms with E-state index < -0.39 is 11.8 Å². The molecule has 0 unspecified atom stereocenters. The highest BCUT2D eigenvalue weighted by Gasteiger charge is 2.26. The molecule has 1 fully saturated rings. The second kappa shape index (κ2) is 12.0. The van der Waals surface area contributed by atoms with Crippen LogP contribution in [0.25, 0.3) is 11.1 Å². The Kier molecular flexibility index (Phi) is 9.43. The van der Waals surface area contributed by atoms with E-state index in [0.29, 0.717) is 31.5 Å². The van der Waals surface area contributed by atoms with E-state index in [2.05, 4.69) is 15.3 Å². The van der Waals surface area contributed by atoms with Crippen LogP contribution in [0.3, 0.4) is 0 Å². The summed E-state index contributed by atoms with van der Waals surface area (Å²) in [5.41, 5.74) is 5.90. The van der Waals surface area contributed by atoms with E-state index in [1.807, 2.05) is 0 Å². The van der Waals surface area contributed by atoms with Crippen molar-refractivity contribution >= 4 is 42.0 Å². The molecule has 0 saturated carbocycles. The summed E-state index contributed by atoms with van der Waals surface area (Å²) in [4.78, 5) is 45.4. The predicted molar refractivity (Wildman–Crippen MR) is 125 cm³/mol. The zero-order chi connectivity index (χ0) is 24.0. The molecule has 0 bridgehead atoms. The standard InChI is InChI=1S/C22H25FN6O4.ClH/c1-13(30)29-7-5-14(6-8-29)21(32)28-22-26-10-16(11-27-22)17-4-2-3-15(20(17)23)12-33-19(31)9-18(24)25;/h2-4,10-11,14H,5-9,12H2,1H3,(H3,24,25)(H,26,27,28,32);1H. The van der Waals surface area contributed by atoms with Crippen LogP contribution in [0.5, 0.6) is 0 Å². The first kappa shape index (κ1) is 26.7. The summed E-state index contributed by atoms with van der Waals surface area (Å²) in [5, 5.41) is 9.75. The summed E-state index contributed by atoms with van der Waals surface area (Å²) >= 11 is 0. The molecule has 34 heavy (non-hydrogen) atoms. The number of likely N-dealkylation sites (tertiary alicyclic amines) is 1. The number of hydrogen-bond acceptors (Lipinski definition) is 7. The Labute approximate surface area is 202 Å². The molecule has 12 heteroatoms. The minimum absolute atomic E-state index is 0. The number of carbonyl (C=O) groups excluding carboxylic acids is 3. The number of nitrogens with two attached hydrogens (primary N) is 1. The Morgan fingerprint density at radius 1 is 1.24 bits per heavy atom. The number of esters is 1. The SMILES string of the molecule is CC(=O)N1CCC(C(=O)Nc2ncc(-c3cccc(COC(=O)CC(=N)N)c3F)cn2)CC1.Cl. The monoisotopic (exact) mass is 492 g/mol. The van der Waals surface area contributed by atoms with E-state index in [-0.39, 0.29) is 66.1 Å². The van der Waals surface area contributed by atoms with Gasteiger partial charge in [-0.15, -0.1) is 12.4 Å². The van der Waals surface area contributed by atoms with Crippen molar-refractivity contribution in [2.75, 3.05) is 18.4 Å². The van der Waals surface area contributed by atoms with Gasteiger partial charge in [0.25, 0.3) is 0 Å². The number of rotatable bonds is 7. The van der Waals surface area contributed by atoms with Gasteiger partial charge in [-0.25, -0.2) is 14.4 Å². The van der Waals surface area contributed by atoms with Crippen LogP contribution in [0.2, 0.25) is 0 Å². The lowest BCUT2D eigenvalue weighted by molar-refractivity contribution is -0.143. The molecule has 10 nitrogen and oxygen atoms in total. The van der Waals surface area contributed by atoms with Gasteiger partial charge in [0.15, 0.2) is 0 Å². The molecule has 1 aromatic heterocycles. The van der Waals surface area contributed by atoms with Crippen LogP contribution in [0.1, 0.15) is 31.7 Å². The maximum Gasteiger partial charge on any atom is 0.313 e. The first-order valence-electron chi connectivity index (χ1n) is 10.4. The molecule has 2 heterocycles. The molecule has 1 aliphatic heterocycles. The third kappa shape index (κ3) is 6.95. The number of nitrogens with zero attached hydrogens (tertiary/aromatic N) is 3. The molecule has 182 valence electrons. The fourth-order valence-electron chi connectivity index (χ4n) is 3.48. The van der Waals surface area contributed by atoms with Gasteiger partial charge < -0.3 is 15.4 Å². The normalized spacial score (nSPS) is 13.5. The van der Waals surface area contributed by atoms with Gasteiger partial charge in [0.1, 0.15) is 24.7 Å². The van der Waals surface area contributed by atoms with Crippen LogP contribution in [0.15, 0.2) is 30.6 Å². The molecule has 1 saturated heterocycles. The van der Waals surface area contributed by atoms with Crippen LogP contribution in [-0.4, -0.2) is 51.6 Å². The first-order chi connectivity index (χ1) is 15.7. The van der Waals surface area contributed by atoms with E-state index in [1.54, 1.807) is 11.0 Å². The average Bonchev–Trinajstić information content (AvgIpc) is 2.78. The van der Waals surface area contributed by atoms with E-state index in [9.17, 15) is 18.8 Å². The van der Waals surface area contributed by atoms with E-state index in [0.717, 1.165) is 0 Å². The lowest BCUT2D eigenvalue weighted by Crippen LogP contribution is -2.40. The summed E-state index contributed by atoms with van der Waals surface area (Å²) in [6.45, 7) is 2.28. The van der Waals surface area contributed by atoms with Crippen molar-refractivity contribution in [3.8, 4) is 11.1 Å². The van der Waals surface area contributed by atoms with E-state index in [4.69, 9.17) is 15.9 Å². The fraction of sp³-hybridized carbons (Fsp3) is 0.364. The van der Waals surface area contributed by atoms with Gasteiger partial charge in [0, 0.05) is 55.0 Å². The molecule has 0 radical (unpaired) electrons. The highest BCUT2D eigenvalue weighted by Crippen LogP contribution is 2.25. The average molecular weight is 493 g/mol. The molecule has 2 amide bonds. The van der Waals surface area contributed by atoms with Gasteiger partial charge >= 0.3 is 5.97 Å². The number of anilines is 1. The van der Waals surface area contributed by atoms with Crippen molar-refractivity contribution in [1.29, 1.82) is 5.41 Å². The third-order valence-electron chi connectivity index (χ3n) is 5.31. The number of amidine groups is 1. The predicted octanol–water partition coefficient (Wildman–Crippen LogP) is 2.27. The highest BCUT2D eigenvalue weighted by atomic mass is 35.5. The van der Waals surface area contributed by atoms with Crippen molar-refractivity contribution in [1.82, 2.24) is 14.9 Å². The molecular formula is C22H26ClFN6O4. The second-order valence-corrected chi connectivity index (χ2v) is 7.71. The minimum atomic E-state index is -0.720. The summed E-state index contributed by atoms with van der Waals surface area (Å²) in [6, 6.07) is 4.62. The number of amides is 2. The van der Waals surface area contributed by atoms with Crippen molar-refractivity contribution in [2.45, 2.75) is 32.8 Å². The molecule has 3 rings (SSSR count). The Hall–Kier alpha value is -3.60. The van der Waals surface area contributed by atoms with Gasteiger partial charge in [0.05, 0.1) is 0 Å². The number of halogens is 2. The zero-order valence-electron chi connectivity index (χ0n) is 18.5. The highest BCUT2D eigenvalue weighted by molar-refractivity contribution is 5.94. The number of carbonyl (C=O) groups is 3. The lowest BCUT2D eigenvalue weighted by Gasteiger charge is -2.30. The number of hydrogen-bond donors (Lipinski definition) is 3. The van der Waals surface area contributed by atoms with Crippen molar-refractivity contribution < 1.29 is 23.5 Å². The first-order valence-corrected chi connectivity index (χ1v) is 10.4. The van der Waals surface area contributed by atoms with Crippen molar-refractivity contribution in [3.05, 3.63) is 42.0 Å². The summed E-state index contributed by atoms with van der Waals surface area (Å²) in [6.07, 6.45) is 3.56. The maximum atomic E-state index is 14.9. The van der Waals surface area contributed by atoms with Gasteiger partial charge in [-0.05, 0) is 12.8 Å². The summed E-state index contributed by atoms with van der Waals surface area (Å²) < 4.78 is 19.9. The third-order valence-corrected chi connectivity index (χ3v) is 5.31. The van der Waals surface area contributed by atoms with Crippen LogP contribution in [-0.2, 0) is 25.7 Å². The van der Waals surface area contributed by atoms with Gasteiger partial charge in [0.2, 0.25) is 17.8 Å². The van der Waals surface area contributed by atoms with E-state index in [1.165, 1.54) is 31.5 Å². The molecule has 0 atom stereocenters. The largest absolute Gasteiger partial charge is 0.460 e. The molecule has 1 aliphatic rings. The number of nitrogens with one attached hydrogen (secondary N) is 2. The lowest BCUT2D eigenvalue weighted by atomic mass is 9.96. The quantitative estimate of drug-likeness (QED) is 0.304. The fourth-order valence-corrected chi connectivity index (χ4v) is 3.48. The van der Waals surface area contributed by atoms with Crippen molar-refractivity contribution in [2.24, 2.45) is 11.7 Å². The smallest absolute Gasteiger partial charge is 0.313 e. The number of benzene rings is 1. The number of ether oxygens (including phenoxy) is 1. The molecular weight excluding hydrogens is 467 g/mol. The van der Waals surface area contributed by atoms with Crippen LogP contribution in [0.4, 0.5) is 10.3 Å². The molecule has 4 N–H and O–H groups in total. The Morgan fingerprint density at radius 2 is 1.88 bits per heavy atom. The zero-order valence-corrected chi connectivity index (χ0v) is 19.4. The van der Waals surface area contributed by atoms with Gasteiger partial charge in [-0.3, -0.25) is 25.1 Å². The molecule has 2 aromatic rings. The Balaban J connectivity index is 0.00000408. The number of piperidine rings is 1. The molecule has 1 aromatic carbocycles. The summed E-state index contributed by atoms with van der Waals surface area (Å²) in [5.74, 6) is -1.99. The molecule has 0 spiro atoms. The van der Waals surface area contributed by atoms with Crippen LogP contribution in [0, 0.1) is 17.1 Å². The maximum absolute atomic E-state index is 14.9. The number of aromatic nitrogens is 2. The topological polar surface area (TPSA) is 151 Å². The second-order valence-electron chi connectivity index (χ2n) is 7.71. The van der Waals surface area contributed by atoms with Crippen LogP contribution >= 0.6 is 12.4 Å².